The van der Waals surface area contributed by atoms with Crippen LogP contribution in [0.2, 0.25) is 0 Å². The molecule has 1 heterocycles. The lowest BCUT2D eigenvalue weighted by Gasteiger charge is -2.44. The van der Waals surface area contributed by atoms with Crippen molar-refractivity contribution in [2.24, 2.45) is 5.73 Å². The van der Waals surface area contributed by atoms with Gasteiger partial charge in [0.15, 0.2) is 0 Å². The van der Waals surface area contributed by atoms with Gasteiger partial charge in [0.2, 0.25) is 0 Å². The van der Waals surface area contributed by atoms with E-state index in [1.54, 1.807) is 12.1 Å². The fraction of sp³-hybridized carbons (Fsp3) is 0.571. The maximum atomic E-state index is 9.61. The summed E-state index contributed by atoms with van der Waals surface area (Å²) >= 11 is 0. The first-order valence-corrected chi connectivity index (χ1v) is 6.61. The Hall–Kier alpha value is -1.42. The molecule has 0 fully saturated rings. The van der Waals surface area contributed by atoms with E-state index in [2.05, 4.69) is 18.7 Å². The average Bonchev–Trinajstić information content (AvgIpc) is 2.39. The number of nitrogens with zero attached hydrogens (tertiary/aromatic N) is 1. The molecule has 0 aromatic heterocycles. The van der Waals surface area contributed by atoms with Gasteiger partial charge in [-0.05, 0) is 25.0 Å². The third-order valence-electron chi connectivity index (χ3n) is 3.78. The molecule has 0 saturated carbocycles. The van der Waals surface area contributed by atoms with Crippen LogP contribution in [0.5, 0.6) is 11.5 Å². The monoisotopic (exact) mass is 250 g/mol. The molecule has 0 atom stereocenters. The third-order valence-corrected chi connectivity index (χ3v) is 3.78. The molecule has 18 heavy (non-hydrogen) atoms. The normalized spacial score (nSPS) is 17.2. The van der Waals surface area contributed by atoms with Gasteiger partial charge in [-0.25, -0.2) is 0 Å². The van der Waals surface area contributed by atoms with Gasteiger partial charge in [-0.15, -0.1) is 0 Å². The van der Waals surface area contributed by atoms with E-state index in [-0.39, 0.29) is 11.4 Å². The van der Waals surface area contributed by atoms with Gasteiger partial charge in [-0.1, -0.05) is 13.8 Å². The first-order valence-electron chi connectivity index (χ1n) is 6.61. The number of phenolic OH excluding ortho intramolecular Hbond substituents is 1. The molecule has 100 valence electrons. The van der Waals surface area contributed by atoms with E-state index in [1.807, 2.05) is 6.07 Å². The van der Waals surface area contributed by atoms with Crippen molar-refractivity contribution in [1.29, 1.82) is 0 Å². The summed E-state index contributed by atoms with van der Waals surface area (Å²) in [6.07, 6.45) is 1.93. The molecule has 0 bridgehead atoms. The Kier molecular flexibility index (Phi) is 3.66. The minimum absolute atomic E-state index is 0.140. The molecule has 4 heteroatoms. The molecule has 0 amide bonds. The van der Waals surface area contributed by atoms with Crippen molar-refractivity contribution in [2.45, 2.75) is 32.3 Å². The lowest BCUT2D eigenvalue weighted by molar-refractivity contribution is 0.0575. The molecular weight excluding hydrogens is 228 g/mol. The van der Waals surface area contributed by atoms with Crippen molar-refractivity contribution in [1.82, 2.24) is 0 Å². The van der Waals surface area contributed by atoms with Crippen molar-refractivity contribution >= 4 is 5.69 Å². The topological polar surface area (TPSA) is 58.7 Å². The van der Waals surface area contributed by atoms with Crippen LogP contribution in [-0.2, 0) is 0 Å². The minimum atomic E-state index is -0.140. The number of nitrogens with two attached hydrogens (primary N) is 1. The highest BCUT2D eigenvalue weighted by Crippen LogP contribution is 2.41. The highest BCUT2D eigenvalue weighted by atomic mass is 16.5. The zero-order chi connectivity index (χ0) is 13.2. The number of hydrogen-bond acceptors (Lipinski definition) is 4. The second kappa shape index (κ2) is 5.06. The van der Waals surface area contributed by atoms with Crippen LogP contribution in [0.3, 0.4) is 0 Å². The Labute approximate surface area is 108 Å². The fourth-order valence-corrected chi connectivity index (χ4v) is 2.51. The van der Waals surface area contributed by atoms with E-state index in [4.69, 9.17) is 10.5 Å². The van der Waals surface area contributed by atoms with Crippen molar-refractivity contribution < 1.29 is 9.84 Å². The molecular formula is C14H22N2O2. The summed E-state index contributed by atoms with van der Waals surface area (Å²) in [5.74, 6) is 1.11. The largest absolute Gasteiger partial charge is 0.508 e. The number of anilines is 1. The van der Waals surface area contributed by atoms with Crippen LogP contribution in [0, 0.1) is 0 Å². The molecule has 1 aliphatic heterocycles. The van der Waals surface area contributed by atoms with E-state index in [9.17, 15) is 5.11 Å². The molecule has 1 aliphatic rings. The van der Waals surface area contributed by atoms with Crippen LogP contribution in [0.15, 0.2) is 18.2 Å². The van der Waals surface area contributed by atoms with Gasteiger partial charge in [-0.3, -0.25) is 0 Å². The number of phenols is 1. The number of benzene rings is 1. The van der Waals surface area contributed by atoms with Gasteiger partial charge in [0, 0.05) is 19.2 Å². The Morgan fingerprint density at radius 3 is 2.72 bits per heavy atom. The second-order valence-electron chi connectivity index (χ2n) is 4.85. The first kappa shape index (κ1) is 13.0. The molecule has 4 nitrogen and oxygen atoms in total. The molecule has 1 aromatic carbocycles. The Morgan fingerprint density at radius 2 is 2.11 bits per heavy atom. The maximum absolute atomic E-state index is 9.61. The molecule has 0 aliphatic carbocycles. The Bertz CT molecular complexity index is 416. The van der Waals surface area contributed by atoms with E-state index in [0.29, 0.717) is 6.54 Å². The molecule has 0 spiro atoms. The number of aromatic hydroxyl groups is 1. The summed E-state index contributed by atoms with van der Waals surface area (Å²) in [5, 5.41) is 9.61. The molecule has 2 rings (SSSR count). The summed E-state index contributed by atoms with van der Waals surface area (Å²) in [4.78, 5) is 2.21. The Balaban J connectivity index is 2.39. The first-order chi connectivity index (χ1) is 8.64. The molecule has 0 saturated heterocycles. The van der Waals surface area contributed by atoms with Crippen LogP contribution in [0.1, 0.15) is 26.7 Å². The van der Waals surface area contributed by atoms with Crippen molar-refractivity contribution in [3.63, 3.8) is 0 Å². The van der Waals surface area contributed by atoms with Crippen LogP contribution < -0.4 is 15.4 Å². The molecule has 0 unspecified atom stereocenters. The zero-order valence-corrected chi connectivity index (χ0v) is 11.1. The van der Waals surface area contributed by atoms with Gasteiger partial charge in [0.1, 0.15) is 17.1 Å². The van der Waals surface area contributed by atoms with Crippen molar-refractivity contribution in [2.75, 3.05) is 24.5 Å². The van der Waals surface area contributed by atoms with Gasteiger partial charge in [-0.2, -0.15) is 0 Å². The van der Waals surface area contributed by atoms with Crippen molar-refractivity contribution in [3.8, 4) is 11.5 Å². The van der Waals surface area contributed by atoms with Crippen LogP contribution >= 0.6 is 0 Å². The summed E-state index contributed by atoms with van der Waals surface area (Å²) in [7, 11) is 0. The van der Waals surface area contributed by atoms with E-state index in [1.165, 1.54) is 0 Å². The van der Waals surface area contributed by atoms with Crippen LogP contribution in [0.4, 0.5) is 5.69 Å². The van der Waals surface area contributed by atoms with Gasteiger partial charge >= 0.3 is 0 Å². The minimum Gasteiger partial charge on any atom is -0.508 e. The predicted molar refractivity (Wildman–Crippen MR) is 73.3 cm³/mol. The lowest BCUT2D eigenvalue weighted by atomic mass is 9.94. The quantitative estimate of drug-likeness (QED) is 0.859. The summed E-state index contributed by atoms with van der Waals surface area (Å²) in [6.45, 7) is 6.50. The zero-order valence-electron chi connectivity index (χ0n) is 11.1. The van der Waals surface area contributed by atoms with Gasteiger partial charge in [0.25, 0.3) is 0 Å². The summed E-state index contributed by atoms with van der Waals surface area (Å²) in [6, 6.07) is 5.26. The van der Waals surface area contributed by atoms with Gasteiger partial charge in [0.05, 0.1) is 12.2 Å². The van der Waals surface area contributed by atoms with Crippen LogP contribution in [-0.4, -0.2) is 30.3 Å². The summed E-state index contributed by atoms with van der Waals surface area (Å²) < 4.78 is 6.16. The lowest BCUT2D eigenvalue weighted by Crippen LogP contribution is -2.51. The number of hydrogen-bond donors (Lipinski definition) is 2. The molecule has 1 aromatic rings. The number of ether oxygens (including phenoxy) is 1. The smallest absolute Gasteiger partial charge is 0.143 e. The predicted octanol–water partition coefficient (Wildman–Crippen LogP) is 2.11. The van der Waals surface area contributed by atoms with E-state index >= 15 is 0 Å². The molecule has 0 radical (unpaired) electrons. The second-order valence-corrected chi connectivity index (χ2v) is 4.85. The number of fused-ring (bicyclic) bond motifs is 1. The third kappa shape index (κ3) is 2.25. The SMILES string of the molecule is CCC1(CC)CN(CCN)c2cc(O)ccc2O1. The standard InChI is InChI=1S/C14H22N2O2/c1-3-14(4-2)10-16(8-7-15)12-9-11(17)5-6-13(12)18-14/h5-6,9,17H,3-4,7-8,10,15H2,1-2H3. The maximum Gasteiger partial charge on any atom is 0.143 e. The molecule has 3 N–H and O–H groups in total. The van der Waals surface area contributed by atoms with Gasteiger partial charge < -0.3 is 20.5 Å². The number of rotatable bonds is 4. The van der Waals surface area contributed by atoms with E-state index < -0.39 is 0 Å². The van der Waals surface area contributed by atoms with Crippen molar-refractivity contribution in [3.05, 3.63) is 18.2 Å². The van der Waals surface area contributed by atoms with E-state index in [0.717, 1.165) is 37.4 Å². The van der Waals surface area contributed by atoms with Crippen LogP contribution in [0.25, 0.3) is 0 Å². The average molecular weight is 250 g/mol. The highest BCUT2D eigenvalue weighted by Gasteiger charge is 2.36. The summed E-state index contributed by atoms with van der Waals surface area (Å²) in [5.41, 5.74) is 6.48. The fourth-order valence-electron chi connectivity index (χ4n) is 2.51. The highest BCUT2D eigenvalue weighted by molar-refractivity contribution is 5.63. The Morgan fingerprint density at radius 1 is 1.39 bits per heavy atom.